The molecule has 0 aliphatic heterocycles. The van der Waals surface area contributed by atoms with Crippen molar-refractivity contribution >= 4 is 27.7 Å². The summed E-state index contributed by atoms with van der Waals surface area (Å²) in [6, 6.07) is 2.23. The quantitative estimate of drug-likeness (QED) is 0.478. The van der Waals surface area contributed by atoms with Gasteiger partial charge in [-0.2, -0.15) is 0 Å². The maximum atomic E-state index is 13.0. The number of carbonyl (C=O) groups is 2. The van der Waals surface area contributed by atoms with Gasteiger partial charge in [-0.05, 0) is 41.1 Å². The predicted molar refractivity (Wildman–Crippen MR) is 67.0 cm³/mol. The molecule has 0 aromatic heterocycles. The minimum Gasteiger partial charge on any atom is -0.391 e. The van der Waals surface area contributed by atoms with Crippen molar-refractivity contribution in [3.63, 3.8) is 0 Å². The summed E-state index contributed by atoms with van der Waals surface area (Å²) in [7, 11) is 0. The van der Waals surface area contributed by atoms with E-state index >= 15 is 0 Å². The molecule has 4 N–H and O–H groups in total. The Balaban J connectivity index is 2.87. The highest BCUT2D eigenvalue weighted by molar-refractivity contribution is 9.10. The largest absolute Gasteiger partial charge is 0.391 e. The van der Waals surface area contributed by atoms with Crippen LogP contribution in [0.15, 0.2) is 22.7 Å². The average Bonchev–Trinajstić information content (AvgIpc) is 2.37. The van der Waals surface area contributed by atoms with Crippen molar-refractivity contribution in [1.29, 1.82) is 0 Å². The molecule has 0 spiro atoms. The van der Waals surface area contributed by atoms with Crippen LogP contribution in [0.25, 0.3) is 0 Å². The first-order valence-electron chi connectivity index (χ1n) is 5.24. The van der Waals surface area contributed by atoms with E-state index in [0.29, 0.717) is 0 Å². The Morgan fingerprint density at radius 1 is 1.42 bits per heavy atom. The maximum Gasteiger partial charge on any atom is 0.268 e. The normalized spacial score (nSPS) is 13.5. The van der Waals surface area contributed by atoms with E-state index in [2.05, 4.69) is 21.2 Å². The first kappa shape index (κ1) is 15.5. The first-order chi connectivity index (χ1) is 8.86. The van der Waals surface area contributed by atoms with E-state index in [1.165, 1.54) is 24.5 Å². The molecule has 1 aromatic carbocycles. The Hall–Kier alpha value is -1.51. The SMILES string of the molecule is CC(O)C(NC(=O)c1ccc(F)c(Br)c1)C(=O)NO. The summed E-state index contributed by atoms with van der Waals surface area (Å²) < 4.78 is 13.1. The highest BCUT2D eigenvalue weighted by Gasteiger charge is 2.25. The van der Waals surface area contributed by atoms with Gasteiger partial charge in [-0.15, -0.1) is 0 Å². The molecule has 0 bridgehead atoms. The highest BCUT2D eigenvalue weighted by atomic mass is 79.9. The van der Waals surface area contributed by atoms with E-state index in [1.54, 1.807) is 0 Å². The monoisotopic (exact) mass is 334 g/mol. The Kier molecular flexibility index (Phi) is 5.40. The van der Waals surface area contributed by atoms with E-state index in [1.807, 2.05) is 0 Å². The Labute approximate surface area is 116 Å². The highest BCUT2D eigenvalue weighted by Crippen LogP contribution is 2.16. The van der Waals surface area contributed by atoms with E-state index in [4.69, 9.17) is 5.21 Å². The number of carbonyl (C=O) groups excluding carboxylic acids is 2. The number of hydroxylamine groups is 1. The van der Waals surface area contributed by atoms with Crippen LogP contribution in [-0.4, -0.2) is 34.3 Å². The van der Waals surface area contributed by atoms with Crippen molar-refractivity contribution in [3.8, 4) is 0 Å². The molecule has 0 radical (unpaired) electrons. The van der Waals surface area contributed by atoms with Crippen LogP contribution in [0.4, 0.5) is 4.39 Å². The molecule has 6 nitrogen and oxygen atoms in total. The standard InChI is InChI=1S/C11H12BrFN2O4/c1-5(16)9(11(18)15-19)14-10(17)6-2-3-8(13)7(12)4-6/h2-5,9,16,19H,1H3,(H,14,17)(H,15,18). The second-order valence-electron chi connectivity index (χ2n) is 3.80. The number of aliphatic hydroxyl groups is 1. The zero-order valence-corrected chi connectivity index (χ0v) is 11.4. The summed E-state index contributed by atoms with van der Waals surface area (Å²) in [4.78, 5) is 23.1. The molecule has 0 saturated carbocycles. The number of hydrogen-bond donors (Lipinski definition) is 4. The molecule has 1 rings (SSSR count). The van der Waals surface area contributed by atoms with E-state index in [9.17, 15) is 19.1 Å². The lowest BCUT2D eigenvalue weighted by Gasteiger charge is -2.19. The van der Waals surface area contributed by atoms with Crippen LogP contribution in [0.1, 0.15) is 17.3 Å². The number of rotatable bonds is 4. The van der Waals surface area contributed by atoms with Crippen LogP contribution in [0, 0.1) is 5.82 Å². The molecule has 0 aliphatic carbocycles. The predicted octanol–water partition coefficient (Wildman–Crippen LogP) is 0.573. The molecule has 0 fully saturated rings. The second-order valence-corrected chi connectivity index (χ2v) is 4.65. The van der Waals surface area contributed by atoms with Gasteiger partial charge in [-0.1, -0.05) is 0 Å². The van der Waals surface area contributed by atoms with Crippen molar-refractivity contribution in [2.24, 2.45) is 0 Å². The fourth-order valence-electron chi connectivity index (χ4n) is 1.34. The van der Waals surface area contributed by atoms with Gasteiger partial charge in [0.15, 0.2) is 0 Å². The first-order valence-corrected chi connectivity index (χ1v) is 6.04. The lowest BCUT2D eigenvalue weighted by molar-refractivity contribution is -0.133. The minimum absolute atomic E-state index is 0.0976. The topological polar surface area (TPSA) is 98.7 Å². The number of benzene rings is 1. The maximum absolute atomic E-state index is 13.0. The number of nitrogens with one attached hydrogen (secondary N) is 2. The fourth-order valence-corrected chi connectivity index (χ4v) is 1.72. The van der Waals surface area contributed by atoms with E-state index in [0.717, 1.165) is 6.07 Å². The van der Waals surface area contributed by atoms with Gasteiger partial charge in [0.1, 0.15) is 11.9 Å². The number of halogens is 2. The van der Waals surface area contributed by atoms with Crippen molar-refractivity contribution in [1.82, 2.24) is 10.8 Å². The summed E-state index contributed by atoms with van der Waals surface area (Å²) in [5, 5.41) is 20.1. The molecule has 0 heterocycles. The van der Waals surface area contributed by atoms with Gasteiger partial charge in [-0.25, -0.2) is 9.87 Å². The third-order valence-electron chi connectivity index (χ3n) is 2.34. The van der Waals surface area contributed by atoms with Crippen molar-refractivity contribution in [2.75, 3.05) is 0 Å². The number of hydrogen-bond acceptors (Lipinski definition) is 4. The van der Waals surface area contributed by atoms with Gasteiger partial charge >= 0.3 is 0 Å². The van der Waals surface area contributed by atoms with Crippen LogP contribution >= 0.6 is 15.9 Å². The lowest BCUT2D eigenvalue weighted by atomic mass is 10.1. The molecular formula is C11H12BrFN2O4. The molecule has 2 atom stereocenters. The molecule has 8 heteroatoms. The summed E-state index contributed by atoms with van der Waals surface area (Å²) in [6.07, 6.45) is -1.21. The molecule has 0 saturated heterocycles. The summed E-state index contributed by atoms with van der Waals surface area (Å²) in [6.45, 7) is 1.28. The van der Waals surface area contributed by atoms with Crippen LogP contribution < -0.4 is 10.8 Å². The summed E-state index contributed by atoms with van der Waals surface area (Å²) in [5.74, 6) is -2.17. The van der Waals surface area contributed by atoms with Crippen molar-refractivity contribution in [2.45, 2.75) is 19.1 Å². The molecular weight excluding hydrogens is 323 g/mol. The second kappa shape index (κ2) is 6.60. The average molecular weight is 335 g/mol. The number of amides is 2. The molecule has 0 aliphatic rings. The zero-order valence-electron chi connectivity index (χ0n) is 9.85. The van der Waals surface area contributed by atoms with Crippen LogP contribution in [0.2, 0.25) is 0 Å². The van der Waals surface area contributed by atoms with Gasteiger partial charge in [0.25, 0.3) is 11.8 Å². The van der Waals surface area contributed by atoms with Gasteiger partial charge in [-0.3, -0.25) is 14.8 Å². The van der Waals surface area contributed by atoms with Crippen molar-refractivity contribution in [3.05, 3.63) is 34.1 Å². The van der Waals surface area contributed by atoms with Gasteiger partial charge < -0.3 is 10.4 Å². The van der Waals surface area contributed by atoms with Gasteiger partial charge in [0, 0.05) is 5.56 Å². The van der Waals surface area contributed by atoms with Gasteiger partial charge in [0.2, 0.25) is 0 Å². The molecule has 2 unspecified atom stereocenters. The molecule has 19 heavy (non-hydrogen) atoms. The van der Waals surface area contributed by atoms with E-state index < -0.39 is 29.8 Å². The van der Waals surface area contributed by atoms with Crippen LogP contribution in [-0.2, 0) is 4.79 Å². The Morgan fingerprint density at radius 2 is 2.05 bits per heavy atom. The summed E-state index contributed by atoms with van der Waals surface area (Å²) >= 11 is 2.93. The smallest absolute Gasteiger partial charge is 0.268 e. The van der Waals surface area contributed by atoms with E-state index in [-0.39, 0.29) is 10.0 Å². The Bertz CT molecular complexity index is 496. The van der Waals surface area contributed by atoms with Crippen LogP contribution in [0.5, 0.6) is 0 Å². The molecule has 2 amide bonds. The lowest BCUT2D eigenvalue weighted by Crippen LogP contribution is -2.51. The third-order valence-corrected chi connectivity index (χ3v) is 2.95. The fraction of sp³-hybridized carbons (Fsp3) is 0.273. The molecule has 104 valence electrons. The molecule has 1 aromatic rings. The minimum atomic E-state index is -1.32. The Morgan fingerprint density at radius 3 is 2.53 bits per heavy atom. The van der Waals surface area contributed by atoms with Gasteiger partial charge in [0.05, 0.1) is 10.6 Å². The van der Waals surface area contributed by atoms with Crippen molar-refractivity contribution < 1.29 is 24.3 Å². The zero-order chi connectivity index (χ0) is 14.6. The summed E-state index contributed by atoms with van der Waals surface area (Å²) in [5.41, 5.74) is 1.44. The number of aliphatic hydroxyl groups excluding tert-OH is 1. The third kappa shape index (κ3) is 3.98. The van der Waals surface area contributed by atoms with Crippen LogP contribution in [0.3, 0.4) is 0 Å².